The van der Waals surface area contributed by atoms with E-state index in [0.29, 0.717) is 5.69 Å². The fourth-order valence-corrected chi connectivity index (χ4v) is 1.08. The summed E-state index contributed by atoms with van der Waals surface area (Å²) in [6.45, 7) is 1.21. The lowest BCUT2D eigenvalue weighted by Gasteiger charge is -2.14. The van der Waals surface area contributed by atoms with Crippen molar-refractivity contribution in [2.45, 2.75) is 13.2 Å². The van der Waals surface area contributed by atoms with Crippen LogP contribution in [-0.4, -0.2) is 25.3 Å². The number of benzene rings is 1. The van der Waals surface area contributed by atoms with Crippen molar-refractivity contribution in [3.63, 3.8) is 0 Å². The Morgan fingerprint density at radius 2 is 1.88 bits per heavy atom. The van der Waals surface area contributed by atoms with Gasteiger partial charge in [-0.3, -0.25) is 9.59 Å². The van der Waals surface area contributed by atoms with E-state index in [9.17, 15) is 9.59 Å². The van der Waals surface area contributed by atoms with Crippen molar-refractivity contribution in [3.8, 4) is 0 Å². The molecule has 0 fully saturated rings. The Bertz CT molecular complexity index is 364. The molecule has 16 heavy (non-hydrogen) atoms. The van der Waals surface area contributed by atoms with E-state index in [1.807, 2.05) is 6.07 Å². The molecule has 0 radical (unpaired) electrons. The van der Waals surface area contributed by atoms with Gasteiger partial charge in [0.2, 0.25) is 0 Å². The molecule has 5 nitrogen and oxygen atoms in total. The van der Waals surface area contributed by atoms with Gasteiger partial charge in [0, 0.05) is 19.7 Å². The van der Waals surface area contributed by atoms with Crippen molar-refractivity contribution in [1.82, 2.24) is 0 Å². The third kappa shape index (κ3) is 3.70. The normalized spacial score (nSPS) is 11.6. The molecule has 0 saturated carbocycles. The van der Waals surface area contributed by atoms with Gasteiger partial charge < -0.3 is 14.8 Å². The number of hydrogen-bond donors (Lipinski definition) is 1. The Balaban J connectivity index is 2.59. The predicted octanol–water partition coefficient (Wildman–Crippen LogP) is 1.16. The molecule has 0 aliphatic rings. The van der Waals surface area contributed by atoms with Gasteiger partial charge in [-0.2, -0.15) is 0 Å². The van der Waals surface area contributed by atoms with Crippen molar-refractivity contribution >= 4 is 17.6 Å². The minimum atomic E-state index is -1.22. The van der Waals surface area contributed by atoms with Crippen LogP contribution in [0.15, 0.2) is 30.3 Å². The number of carbonyl (C=O) groups excluding carboxylic acids is 2. The van der Waals surface area contributed by atoms with Gasteiger partial charge in [-0.05, 0) is 12.1 Å². The number of methoxy groups -OCH3 is 1. The minimum absolute atomic E-state index is 0.524. The lowest BCUT2D eigenvalue weighted by molar-refractivity contribution is -0.176. The molecule has 1 aromatic rings. The van der Waals surface area contributed by atoms with Crippen LogP contribution in [-0.2, 0) is 19.1 Å². The smallest absolute Gasteiger partial charge is 0.305 e. The van der Waals surface area contributed by atoms with Gasteiger partial charge in [0.15, 0.2) is 0 Å². The van der Waals surface area contributed by atoms with Gasteiger partial charge in [-0.1, -0.05) is 18.2 Å². The fourth-order valence-electron chi connectivity index (χ4n) is 1.08. The number of para-hydroxylation sites is 1. The molecule has 1 rings (SSSR count). The molecule has 1 unspecified atom stereocenters. The quantitative estimate of drug-likeness (QED) is 0.614. The summed E-state index contributed by atoms with van der Waals surface area (Å²) in [4.78, 5) is 22.3. The van der Waals surface area contributed by atoms with E-state index < -0.39 is 18.2 Å². The van der Waals surface area contributed by atoms with Crippen molar-refractivity contribution in [1.29, 1.82) is 0 Å². The summed E-state index contributed by atoms with van der Waals surface area (Å²) in [5, 5.41) is 2.56. The molecular formula is C11H13NO4. The van der Waals surface area contributed by atoms with E-state index in [1.54, 1.807) is 24.3 Å². The summed E-state index contributed by atoms with van der Waals surface area (Å²) in [6.07, 6.45) is -1.22. The predicted molar refractivity (Wildman–Crippen MR) is 57.6 cm³/mol. The van der Waals surface area contributed by atoms with Gasteiger partial charge in [0.1, 0.15) is 0 Å². The highest BCUT2D eigenvalue weighted by atomic mass is 16.7. The zero-order valence-corrected chi connectivity index (χ0v) is 9.10. The zero-order valence-electron chi connectivity index (χ0n) is 9.10. The molecule has 86 valence electrons. The number of rotatable bonds is 4. The molecule has 5 heteroatoms. The topological polar surface area (TPSA) is 64.6 Å². The number of carbonyl (C=O) groups is 2. The average Bonchev–Trinajstić information content (AvgIpc) is 2.26. The van der Waals surface area contributed by atoms with E-state index in [-0.39, 0.29) is 0 Å². The van der Waals surface area contributed by atoms with Crippen LogP contribution in [0.25, 0.3) is 0 Å². The lowest BCUT2D eigenvalue weighted by Crippen LogP contribution is -2.33. The summed E-state index contributed by atoms with van der Waals surface area (Å²) >= 11 is 0. The first-order valence-electron chi connectivity index (χ1n) is 4.69. The molecule has 1 N–H and O–H groups in total. The van der Waals surface area contributed by atoms with Gasteiger partial charge in [0.05, 0.1) is 0 Å². The third-order valence-electron chi connectivity index (χ3n) is 1.74. The van der Waals surface area contributed by atoms with Crippen LogP contribution in [0.5, 0.6) is 0 Å². The highest BCUT2D eigenvalue weighted by Gasteiger charge is 2.20. The van der Waals surface area contributed by atoms with Crippen molar-refractivity contribution in [2.24, 2.45) is 0 Å². The summed E-state index contributed by atoms with van der Waals surface area (Å²) < 4.78 is 9.40. The van der Waals surface area contributed by atoms with Crippen LogP contribution >= 0.6 is 0 Å². The number of amides is 1. The summed E-state index contributed by atoms with van der Waals surface area (Å²) in [7, 11) is 1.29. The number of ether oxygens (including phenoxy) is 2. The molecule has 0 aliphatic heterocycles. The average molecular weight is 223 g/mol. The maximum atomic E-state index is 11.6. The standard InChI is InChI=1S/C11H13NO4/c1-8(13)16-11(15-2)10(14)12-9-6-4-3-5-7-9/h3-7,11H,1-2H3,(H,12,14). The summed E-state index contributed by atoms with van der Waals surface area (Å²) in [5.41, 5.74) is 0.613. The number of nitrogens with one attached hydrogen (secondary N) is 1. The number of hydrogen-bond acceptors (Lipinski definition) is 4. The fraction of sp³-hybridized carbons (Fsp3) is 0.273. The third-order valence-corrected chi connectivity index (χ3v) is 1.74. The molecule has 1 aromatic carbocycles. The van der Waals surface area contributed by atoms with Crippen LogP contribution in [0.4, 0.5) is 5.69 Å². The van der Waals surface area contributed by atoms with E-state index in [2.05, 4.69) is 10.1 Å². The van der Waals surface area contributed by atoms with Gasteiger partial charge in [-0.15, -0.1) is 0 Å². The Hall–Kier alpha value is -1.88. The Labute approximate surface area is 93.4 Å². The van der Waals surface area contributed by atoms with E-state index in [4.69, 9.17) is 4.74 Å². The maximum absolute atomic E-state index is 11.6. The molecule has 1 amide bonds. The maximum Gasteiger partial charge on any atom is 0.305 e. The number of anilines is 1. The SMILES string of the molecule is COC(OC(C)=O)C(=O)Nc1ccccc1. The monoisotopic (exact) mass is 223 g/mol. The van der Waals surface area contributed by atoms with Crippen LogP contribution in [0.1, 0.15) is 6.92 Å². The van der Waals surface area contributed by atoms with Crippen LogP contribution < -0.4 is 5.32 Å². The molecule has 1 atom stereocenters. The van der Waals surface area contributed by atoms with Gasteiger partial charge in [-0.25, -0.2) is 0 Å². The van der Waals surface area contributed by atoms with Gasteiger partial charge in [0.25, 0.3) is 12.2 Å². The van der Waals surface area contributed by atoms with E-state index in [1.165, 1.54) is 14.0 Å². The minimum Gasteiger partial charge on any atom is -0.426 e. The van der Waals surface area contributed by atoms with Crippen molar-refractivity contribution in [3.05, 3.63) is 30.3 Å². The Morgan fingerprint density at radius 3 is 2.38 bits per heavy atom. The van der Waals surface area contributed by atoms with Crippen LogP contribution in [0.2, 0.25) is 0 Å². The first kappa shape index (κ1) is 12.2. The van der Waals surface area contributed by atoms with Crippen molar-refractivity contribution in [2.75, 3.05) is 12.4 Å². The molecule has 0 bridgehead atoms. The molecule has 0 heterocycles. The van der Waals surface area contributed by atoms with E-state index >= 15 is 0 Å². The number of esters is 1. The first-order valence-corrected chi connectivity index (χ1v) is 4.69. The second-order valence-corrected chi connectivity index (χ2v) is 3.03. The van der Waals surface area contributed by atoms with Crippen LogP contribution in [0, 0.1) is 0 Å². The lowest BCUT2D eigenvalue weighted by atomic mass is 10.3. The highest BCUT2D eigenvalue weighted by Crippen LogP contribution is 2.06. The zero-order chi connectivity index (χ0) is 12.0. The Kier molecular flexibility index (Phi) is 4.47. The van der Waals surface area contributed by atoms with Crippen molar-refractivity contribution < 1.29 is 19.1 Å². The van der Waals surface area contributed by atoms with E-state index in [0.717, 1.165) is 0 Å². The van der Waals surface area contributed by atoms with Crippen LogP contribution in [0.3, 0.4) is 0 Å². The highest BCUT2D eigenvalue weighted by molar-refractivity contribution is 5.94. The molecule has 0 aliphatic carbocycles. The first-order chi connectivity index (χ1) is 7.63. The second-order valence-electron chi connectivity index (χ2n) is 3.03. The summed E-state index contributed by atoms with van der Waals surface area (Å²) in [5.74, 6) is -1.10. The molecule has 0 aromatic heterocycles. The summed E-state index contributed by atoms with van der Waals surface area (Å²) in [6, 6.07) is 8.83. The largest absolute Gasteiger partial charge is 0.426 e. The molecule has 0 saturated heterocycles. The second kappa shape index (κ2) is 5.87. The Morgan fingerprint density at radius 1 is 1.25 bits per heavy atom. The molecular weight excluding hydrogens is 210 g/mol. The molecule has 0 spiro atoms. The van der Waals surface area contributed by atoms with Gasteiger partial charge >= 0.3 is 5.97 Å².